The van der Waals surface area contributed by atoms with Crippen molar-refractivity contribution in [3.8, 4) is 0 Å². The number of allylic oxidation sites excluding steroid dienone is 1. The van der Waals surface area contributed by atoms with Crippen LogP contribution in [0.15, 0.2) is 46.9 Å². The second-order valence-corrected chi connectivity index (χ2v) is 4.72. The van der Waals surface area contributed by atoms with Crippen LogP contribution in [0.5, 0.6) is 0 Å². The standard InChI is InChI=1S/C13H12N2O3S/c1-2-7-15-12(18)9-5-3-4-6-10(9)14-13(15)19-8-11(16)17/h2-6H,1,7-8H2,(H,16,17)/p-1. The number of carbonyl (C=O) groups is 1. The first-order valence-electron chi connectivity index (χ1n) is 5.56. The summed E-state index contributed by atoms with van der Waals surface area (Å²) in [5.41, 5.74) is 0.347. The Labute approximate surface area is 113 Å². The molecule has 0 aliphatic rings. The zero-order chi connectivity index (χ0) is 13.8. The van der Waals surface area contributed by atoms with Gasteiger partial charge in [0.25, 0.3) is 5.56 Å². The molecule has 0 saturated heterocycles. The first kappa shape index (κ1) is 13.4. The third-order valence-electron chi connectivity index (χ3n) is 2.46. The predicted octanol–water partition coefficient (Wildman–Crippen LogP) is 0.424. The number of hydrogen-bond donors (Lipinski definition) is 0. The highest BCUT2D eigenvalue weighted by Crippen LogP contribution is 2.17. The summed E-state index contributed by atoms with van der Waals surface area (Å²) in [4.78, 5) is 27.1. The first-order valence-corrected chi connectivity index (χ1v) is 6.55. The van der Waals surface area contributed by atoms with Gasteiger partial charge in [0.2, 0.25) is 0 Å². The lowest BCUT2D eigenvalue weighted by molar-refractivity contribution is -0.301. The second kappa shape index (κ2) is 5.71. The normalized spacial score (nSPS) is 10.5. The van der Waals surface area contributed by atoms with E-state index in [1.807, 2.05) is 0 Å². The number of rotatable bonds is 5. The number of fused-ring (bicyclic) bond motifs is 1. The molecule has 0 atom stereocenters. The van der Waals surface area contributed by atoms with Crippen LogP contribution in [-0.4, -0.2) is 21.3 Å². The van der Waals surface area contributed by atoms with E-state index in [1.54, 1.807) is 30.3 Å². The lowest BCUT2D eigenvalue weighted by Gasteiger charge is -2.11. The monoisotopic (exact) mass is 275 g/mol. The van der Waals surface area contributed by atoms with Crippen molar-refractivity contribution in [2.24, 2.45) is 0 Å². The smallest absolute Gasteiger partial charge is 0.262 e. The van der Waals surface area contributed by atoms with E-state index in [2.05, 4.69) is 11.6 Å². The van der Waals surface area contributed by atoms with Crippen molar-refractivity contribution in [2.45, 2.75) is 11.7 Å². The number of aliphatic carboxylic acids is 1. The van der Waals surface area contributed by atoms with Gasteiger partial charge in [0.15, 0.2) is 5.16 Å². The molecule has 0 aliphatic heterocycles. The molecule has 0 unspecified atom stereocenters. The van der Waals surface area contributed by atoms with Gasteiger partial charge in [-0.15, -0.1) is 6.58 Å². The highest BCUT2D eigenvalue weighted by atomic mass is 32.2. The minimum atomic E-state index is -1.20. The van der Waals surface area contributed by atoms with Gasteiger partial charge < -0.3 is 9.90 Å². The number of aromatic nitrogens is 2. The largest absolute Gasteiger partial charge is 0.549 e. The minimum absolute atomic E-state index is 0.202. The summed E-state index contributed by atoms with van der Waals surface area (Å²) in [5.74, 6) is -1.44. The van der Waals surface area contributed by atoms with Crippen molar-refractivity contribution >= 4 is 28.6 Å². The molecule has 98 valence electrons. The van der Waals surface area contributed by atoms with Gasteiger partial charge in [-0.05, 0) is 12.1 Å². The Hall–Kier alpha value is -2.08. The van der Waals surface area contributed by atoms with Gasteiger partial charge in [-0.1, -0.05) is 30.0 Å². The molecule has 0 saturated carbocycles. The Balaban J connectivity index is 2.59. The predicted molar refractivity (Wildman–Crippen MR) is 71.9 cm³/mol. The van der Waals surface area contributed by atoms with Gasteiger partial charge >= 0.3 is 0 Å². The molecule has 1 aromatic carbocycles. The number of hydrogen-bond acceptors (Lipinski definition) is 5. The van der Waals surface area contributed by atoms with Crippen LogP contribution in [0.3, 0.4) is 0 Å². The van der Waals surface area contributed by atoms with E-state index < -0.39 is 5.97 Å². The molecule has 5 nitrogen and oxygen atoms in total. The SMILES string of the molecule is C=CCn1c(SCC(=O)[O-])nc2ccccc2c1=O. The third-order valence-corrected chi connectivity index (χ3v) is 3.41. The van der Waals surface area contributed by atoms with E-state index in [1.165, 1.54) is 4.57 Å². The lowest BCUT2D eigenvalue weighted by Crippen LogP contribution is -2.26. The third kappa shape index (κ3) is 2.85. The Bertz CT molecular complexity index is 694. The maximum Gasteiger partial charge on any atom is 0.262 e. The van der Waals surface area contributed by atoms with Crippen LogP contribution < -0.4 is 10.7 Å². The summed E-state index contributed by atoms with van der Waals surface area (Å²) in [6, 6.07) is 6.95. The van der Waals surface area contributed by atoms with Crippen LogP contribution in [0.1, 0.15) is 0 Å². The van der Waals surface area contributed by atoms with E-state index >= 15 is 0 Å². The van der Waals surface area contributed by atoms with Gasteiger partial charge in [0.1, 0.15) is 0 Å². The van der Waals surface area contributed by atoms with E-state index in [-0.39, 0.29) is 17.9 Å². The summed E-state index contributed by atoms with van der Waals surface area (Å²) >= 11 is 0.966. The highest BCUT2D eigenvalue weighted by Gasteiger charge is 2.10. The zero-order valence-corrected chi connectivity index (χ0v) is 10.9. The molecule has 1 heterocycles. The van der Waals surface area contributed by atoms with Gasteiger partial charge in [0, 0.05) is 12.3 Å². The molecule has 1 aromatic heterocycles. The highest BCUT2D eigenvalue weighted by molar-refractivity contribution is 7.99. The molecule has 0 N–H and O–H groups in total. The van der Waals surface area contributed by atoms with Crippen molar-refractivity contribution in [1.29, 1.82) is 0 Å². The quantitative estimate of drug-likeness (QED) is 0.449. The Morgan fingerprint density at radius 1 is 1.47 bits per heavy atom. The maximum atomic E-state index is 12.3. The van der Waals surface area contributed by atoms with Crippen molar-refractivity contribution in [1.82, 2.24) is 9.55 Å². The number of carboxylic acid groups (broad SMARTS) is 1. The summed E-state index contributed by atoms with van der Waals surface area (Å²) in [6.07, 6.45) is 1.57. The Kier molecular flexibility index (Phi) is 4.01. The lowest BCUT2D eigenvalue weighted by atomic mass is 10.2. The second-order valence-electron chi connectivity index (χ2n) is 3.78. The minimum Gasteiger partial charge on any atom is -0.549 e. The van der Waals surface area contributed by atoms with Crippen LogP contribution in [-0.2, 0) is 11.3 Å². The van der Waals surface area contributed by atoms with Crippen molar-refractivity contribution in [3.63, 3.8) is 0 Å². The van der Waals surface area contributed by atoms with Gasteiger partial charge in [-0.2, -0.15) is 0 Å². The van der Waals surface area contributed by atoms with Crippen molar-refractivity contribution in [2.75, 3.05) is 5.75 Å². The van der Waals surface area contributed by atoms with Crippen molar-refractivity contribution < 1.29 is 9.90 Å². The average molecular weight is 275 g/mol. The number of para-hydroxylation sites is 1. The number of thioether (sulfide) groups is 1. The Morgan fingerprint density at radius 2 is 2.21 bits per heavy atom. The molecule has 6 heteroatoms. The molecule has 0 bridgehead atoms. The molecule has 0 spiro atoms. The van der Waals surface area contributed by atoms with Crippen LogP contribution in [0.4, 0.5) is 0 Å². The zero-order valence-electron chi connectivity index (χ0n) is 10.0. The molecule has 0 aliphatic carbocycles. The Morgan fingerprint density at radius 3 is 2.89 bits per heavy atom. The van der Waals surface area contributed by atoms with Crippen LogP contribution >= 0.6 is 11.8 Å². The number of carboxylic acids is 1. The fraction of sp³-hybridized carbons (Fsp3) is 0.154. The van der Waals surface area contributed by atoms with Gasteiger partial charge in [0.05, 0.1) is 16.9 Å². The molecule has 0 fully saturated rings. The summed E-state index contributed by atoms with van der Waals surface area (Å²) in [6.45, 7) is 3.87. The molecular weight excluding hydrogens is 264 g/mol. The van der Waals surface area contributed by atoms with Gasteiger partial charge in [-0.3, -0.25) is 9.36 Å². The molecule has 19 heavy (non-hydrogen) atoms. The van der Waals surface area contributed by atoms with E-state index in [9.17, 15) is 14.7 Å². The summed E-state index contributed by atoms with van der Waals surface area (Å²) < 4.78 is 1.41. The molecule has 2 rings (SSSR count). The van der Waals surface area contributed by atoms with Gasteiger partial charge in [-0.25, -0.2) is 4.98 Å². The molecule has 2 aromatic rings. The number of benzene rings is 1. The van der Waals surface area contributed by atoms with E-state index in [4.69, 9.17) is 0 Å². The molecular formula is C13H11N2O3S-. The van der Waals surface area contributed by atoms with Crippen molar-refractivity contribution in [3.05, 3.63) is 47.3 Å². The van der Waals surface area contributed by atoms with Crippen LogP contribution in [0, 0.1) is 0 Å². The summed E-state index contributed by atoms with van der Waals surface area (Å²) in [7, 11) is 0. The first-order chi connectivity index (χ1) is 9.13. The summed E-state index contributed by atoms with van der Waals surface area (Å²) in [5, 5.41) is 11.4. The molecule has 0 radical (unpaired) electrons. The maximum absolute atomic E-state index is 12.3. The fourth-order valence-corrected chi connectivity index (χ4v) is 2.39. The molecule has 0 amide bonds. The van der Waals surface area contributed by atoms with Crippen LogP contribution in [0.25, 0.3) is 10.9 Å². The van der Waals surface area contributed by atoms with E-state index in [0.717, 1.165) is 11.8 Å². The van der Waals surface area contributed by atoms with E-state index in [0.29, 0.717) is 16.1 Å². The topological polar surface area (TPSA) is 75.0 Å². The fourth-order valence-electron chi connectivity index (χ4n) is 1.67. The number of carbonyl (C=O) groups excluding carboxylic acids is 1. The number of nitrogens with zero attached hydrogens (tertiary/aromatic N) is 2. The average Bonchev–Trinajstić information content (AvgIpc) is 2.40. The van der Waals surface area contributed by atoms with Crippen LogP contribution in [0.2, 0.25) is 0 Å².